The highest BCUT2D eigenvalue weighted by molar-refractivity contribution is 5.08. The zero-order chi connectivity index (χ0) is 15.3. The fraction of sp³-hybridized carbons (Fsp3) is 0.722. The summed E-state index contributed by atoms with van der Waals surface area (Å²) in [6, 6.07) is 4.21. The lowest BCUT2D eigenvalue weighted by molar-refractivity contribution is -0.0490. The van der Waals surface area contributed by atoms with Crippen molar-refractivity contribution in [3.8, 4) is 0 Å². The van der Waals surface area contributed by atoms with Crippen LogP contribution in [0.4, 0.5) is 0 Å². The van der Waals surface area contributed by atoms with Gasteiger partial charge in [0.1, 0.15) is 0 Å². The largest absolute Gasteiger partial charge is 0.381 e. The lowest BCUT2D eigenvalue weighted by Crippen LogP contribution is -2.58. The first kappa shape index (κ1) is 15.9. The van der Waals surface area contributed by atoms with Crippen LogP contribution in [0.15, 0.2) is 24.5 Å². The van der Waals surface area contributed by atoms with Crippen molar-refractivity contribution in [1.82, 2.24) is 14.8 Å². The zero-order valence-electron chi connectivity index (χ0n) is 13.8. The third-order valence-corrected chi connectivity index (χ3v) is 5.56. The molecule has 0 unspecified atom stereocenters. The molecule has 0 atom stereocenters. The summed E-state index contributed by atoms with van der Waals surface area (Å²) in [4.78, 5) is 9.55. The Balaban J connectivity index is 1.47. The summed E-state index contributed by atoms with van der Waals surface area (Å²) in [5.74, 6) is 0. The topological polar surface area (TPSA) is 28.6 Å². The van der Waals surface area contributed by atoms with Crippen LogP contribution >= 0.6 is 0 Å². The first-order chi connectivity index (χ1) is 10.8. The quantitative estimate of drug-likeness (QED) is 0.834. The van der Waals surface area contributed by atoms with Crippen molar-refractivity contribution in [3.05, 3.63) is 30.1 Å². The minimum atomic E-state index is 0.410. The number of rotatable bonds is 5. The molecule has 2 aliphatic heterocycles. The van der Waals surface area contributed by atoms with Crippen molar-refractivity contribution in [2.45, 2.75) is 38.1 Å². The summed E-state index contributed by atoms with van der Waals surface area (Å²) in [6.45, 7) is 10.2. The number of nitrogens with zero attached hydrogens (tertiary/aromatic N) is 3. The molecule has 0 spiro atoms. The highest BCUT2D eigenvalue weighted by Crippen LogP contribution is 2.32. The predicted molar refractivity (Wildman–Crippen MR) is 89.0 cm³/mol. The molecule has 2 aliphatic rings. The Kier molecular flexibility index (Phi) is 5.45. The zero-order valence-corrected chi connectivity index (χ0v) is 13.8. The van der Waals surface area contributed by atoms with E-state index in [0.717, 1.165) is 26.2 Å². The molecule has 1 aromatic heterocycles. The Labute approximate surface area is 134 Å². The van der Waals surface area contributed by atoms with Gasteiger partial charge in [-0.15, -0.1) is 0 Å². The van der Waals surface area contributed by atoms with Gasteiger partial charge in [0.05, 0.1) is 0 Å². The Bertz CT molecular complexity index is 437. The molecule has 122 valence electrons. The lowest BCUT2D eigenvalue weighted by Gasteiger charge is -2.49. The first-order valence-electron chi connectivity index (χ1n) is 8.76. The van der Waals surface area contributed by atoms with Crippen LogP contribution in [0.1, 0.15) is 31.7 Å². The normalized spacial score (nSPS) is 23.5. The van der Waals surface area contributed by atoms with Crippen LogP contribution < -0.4 is 0 Å². The van der Waals surface area contributed by atoms with E-state index in [1.54, 1.807) is 0 Å². The lowest BCUT2D eigenvalue weighted by atomic mass is 9.85. The molecule has 2 fully saturated rings. The van der Waals surface area contributed by atoms with Gasteiger partial charge in [-0.3, -0.25) is 9.88 Å². The molecule has 4 nitrogen and oxygen atoms in total. The molecule has 22 heavy (non-hydrogen) atoms. The minimum absolute atomic E-state index is 0.410. The van der Waals surface area contributed by atoms with Crippen molar-refractivity contribution >= 4 is 0 Å². The molecule has 1 aromatic rings. The second-order valence-electron chi connectivity index (χ2n) is 6.63. The van der Waals surface area contributed by atoms with E-state index < -0.39 is 0 Å². The van der Waals surface area contributed by atoms with Crippen molar-refractivity contribution in [3.63, 3.8) is 0 Å². The van der Waals surface area contributed by atoms with Gasteiger partial charge in [-0.1, -0.05) is 13.0 Å². The molecule has 0 aromatic carbocycles. The van der Waals surface area contributed by atoms with Gasteiger partial charge in [0.25, 0.3) is 0 Å². The molecular weight excluding hydrogens is 274 g/mol. The molecule has 0 N–H and O–H groups in total. The van der Waals surface area contributed by atoms with Gasteiger partial charge in [-0.05, 0) is 37.3 Å². The highest BCUT2D eigenvalue weighted by atomic mass is 16.5. The average molecular weight is 303 g/mol. The van der Waals surface area contributed by atoms with Gasteiger partial charge >= 0.3 is 0 Å². The first-order valence-corrected chi connectivity index (χ1v) is 8.76. The van der Waals surface area contributed by atoms with E-state index in [-0.39, 0.29) is 0 Å². The summed E-state index contributed by atoms with van der Waals surface area (Å²) in [7, 11) is 0. The van der Waals surface area contributed by atoms with E-state index in [4.69, 9.17) is 4.74 Å². The minimum Gasteiger partial charge on any atom is -0.381 e. The third kappa shape index (κ3) is 3.67. The number of ether oxygens (including phenoxy) is 1. The summed E-state index contributed by atoms with van der Waals surface area (Å²) < 4.78 is 5.58. The monoisotopic (exact) mass is 303 g/mol. The summed E-state index contributed by atoms with van der Waals surface area (Å²) in [5.41, 5.74) is 1.76. The van der Waals surface area contributed by atoms with E-state index in [0.29, 0.717) is 5.54 Å². The van der Waals surface area contributed by atoms with E-state index in [2.05, 4.69) is 27.8 Å². The predicted octanol–water partition coefficient (Wildman–Crippen LogP) is 2.20. The van der Waals surface area contributed by atoms with Crippen molar-refractivity contribution in [2.24, 2.45) is 0 Å². The van der Waals surface area contributed by atoms with E-state index in [9.17, 15) is 0 Å². The smallest absolute Gasteiger partial charge is 0.0483 e. The number of hydrogen-bond acceptors (Lipinski definition) is 4. The SMILES string of the molecule is CCC1(N2CCN(CCc3cccnc3)CC2)CCOCC1. The summed E-state index contributed by atoms with van der Waals surface area (Å²) in [6.07, 6.45) is 8.62. The Morgan fingerprint density at radius 3 is 2.59 bits per heavy atom. The van der Waals surface area contributed by atoms with Crippen LogP contribution in [0.5, 0.6) is 0 Å². The van der Waals surface area contributed by atoms with Crippen LogP contribution in [-0.4, -0.2) is 66.3 Å². The number of pyridine rings is 1. The maximum atomic E-state index is 5.58. The maximum Gasteiger partial charge on any atom is 0.0483 e. The van der Waals surface area contributed by atoms with Gasteiger partial charge < -0.3 is 9.64 Å². The molecular formula is C18H29N3O. The highest BCUT2D eigenvalue weighted by Gasteiger charge is 2.37. The van der Waals surface area contributed by atoms with Gasteiger partial charge in [-0.25, -0.2) is 0 Å². The van der Waals surface area contributed by atoms with E-state index in [1.165, 1.54) is 51.0 Å². The van der Waals surface area contributed by atoms with E-state index >= 15 is 0 Å². The number of piperazine rings is 1. The number of aromatic nitrogens is 1. The van der Waals surface area contributed by atoms with Crippen LogP contribution in [0.25, 0.3) is 0 Å². The third-order valence-electron chi connectivity index (χ3n) is 5.56. The van der Waals surface area contributed by atoms with Gasteiger partial charge in [0.2, 0.25) is 0 Å². The summed E-state index contributed by atoms with van der Waals surface area (Å²) >= 11 is 0. The van der Waals surface area contributed by atoms with Crippen molar-refractivity contribution in [1.29, 1.82) is 0 Å². The van der Waals surface area contributed by atoms with Crippen LogP contribution in [0, 0.1) is 0 Å². The Hall–Kier alpha value is -0.970. The fourth-order valence-electron chi connectivity index (χ4n) is 3.92. The second-order valence-corrected chi connectivity index (χ2v) is 6.63. The maximum absolute atomic E-state index is 5.58. The molecule has 0 radical (unpaired) electrons. The standard InChI is InChI=1S/C18H29N3O/c1-2-18(6-14-22-15-7-18)21-12-10-20(11-13-21)9-5-17-4-3-8-19-16-17/h3-4,8,16H,2,5-7,9-15H2,1H3. The molecule has 0 bridgehead atoms. The van der Waals surface area contributed by atoms with Gasteiger partial charge in [0, 0.05) is 63.9 Å². The van der Waals surface area contributed by atoms with Gasteiger partial charge in [0.15, 0.2) is 0 Å². The van der Waals surface area contributed by atoms with Crippen LogP contribution in [0.3, 0.4) is 0 Å². The molecule has 4 heteroatoms. The summed E-state index contributed by atoms with van der Waals surface area (Å²) in [5, 5.41) is 0. The number of hydrogen-bond donors (Lipinski definition) is 0. The van der Waals surface area contributed by atoms with Crippen molar-refractivity contribution in [2.75, 3.05) is 45.9 Å². The molecule has 3 heterocycles. The van der Waals surface area contributed by atoms with E-state index in [1.807, 2.05) is 18.5 Å². The Morgan fingerprint density at radius 1 is 1.18 bits per heavy atom. The molecule has 2 saturated heterocycles. The molecule has 3 rings (SSSR count). The molecule has 0 amide bonds. The van der Waals surface area contributed by atoms with Crippen LogP contribution in [-0.2, 0) is 11.2 Å². The van der Waals surface area contributed by atoms with Gasteiger partial charge in [-0.2, -0.15) is 0 Å². The van der Waals surface area contributed by atoms with Crippen LogP contribution in [0.2, 0.25) is 0 Å². The Morgan fingerprint density at radius 2 is 1.95 bits per heavy atom. The fourth-order valence-corrected chi connectivity index (χ4v) is 3.92. The second kappa shape index (κ2) is 7.53. The molecule has 0 aliphatic carbocycles. The van der Waals surface area contributed by atoms with Crippen molar-refractivity contribution < 1.29 is 4.74 Å². The molecule has 0 saturated carbocycles. The average Bonchev–Trinajstić information content (AvgIpc) is 2.62.